The molecule has 5 rings (SSSR count). The van der Waals surface area contributed by atoms with Crippen LogP contribution in [0.5, 0.6) is 46.0 Å². The summed E-state index contributed by atoms with van der Waals surface area (Å²) in [7, 11) is 0. The van der Waals surface area contributed by atoms with Crippen LogP contribution < -0.4 is 37.9 Å². The smallest absolute Gasteiger partial charge is 0.205 e. The van der Waals surface area contributed by atoms with Crippen LogP contribution in [0.15, 0.2) is 73.1 Å². The standard InChI is InChI=1S/C102H118F2N2O8/c1-7-13-19-25-31-37-43-49-55-61-71-107-97-77-89(78-98(108-72-62-56-50-44-38-32-26-20-14-8-2)101(97)111-75-65-59-53-47-41-35-29-23-17-11-5)113-85-87-67-69-95(105-83-87)91-81-92(94(104)82-93(91)103)96-70-68-88(84-106-96)86-114-90-79-99(109-73-63-57-51-45-39-33-27-21-15-9-3)102(112-76-66-60-54-48-42-36-30-24-18-12-6)100(80-90)110-74-64-58-52-46-40-34-28-22-16-10-4/h1,3,67-70,77-84H,8,10-12,14,16-18,20,22-24,26,28-30,32,34-36,38,40-42,44,46-48,50,52-54,56,58-60,62,64-66,72,74-76,85-86H2,2,4-6H3. The Hall–Kier alpha value is -11.1. The zero-order valence-corrected chi connectivity index (χ0v) is 68.5. The summed E-state index contributed by atoms with van der Waals surface area (Å²) in [6.07, 6.45) is 66.5. The van der Waals surface area contributed by atoms with Gasteiger partial charge in [-0.25, -0.2) is 8.78 Å². The Morgan fingerprint density at radius 1 is 0.281 bits per heavy atom. The Morgan fingerprint density at radius 2 is 0.544 bits per heavy atom. The number of nitrogens with zero attached hydrogens (tertiary/aromatic N) is 2. The van der Waals surface area contributed by atoms with Crippen molar-refractivity contribution in [1.82, 2.24) is 9.97 Å². The molecule has 0 spiro atoms. The van der Waals surface area contributed by atoms with E-state index in [1.165, 1.54) is 186 Å². The molecular weight excluding hydrogens is 1420 g/mol. The number of hydrogen-bond acceptors (Lipinski definition) is 10. The third-order valence-corrected chi connectivity index (χ3v) is 18.6. The summed E-state index contributed by atoms with van der Waals surface area (Å²) < 4.78 is 83.0. The molecule has 3 aromatic carbocycles. The van der Waals surface area contributed by atoms with Crippen LogP contribution in [0.2, 0.25) is 0 Å². The van der Waals surface area contributed by atoms with E-state index < -0.39 is 11.6 Å². The number of pyridine rings is 2. The maximum absolute atomic E-state index is 15.9. The van der Waals surface area contributed by atoms with Crippen molar-refractivity contribution in [3.63, 3.8) is 0 Å². The molecule has 0 fully saturated rings. The van der Waals surface area contributed by atoms with Crippen molar-refractivity contribution in [3.05, 3.63) is 95.8 Å². The molecule has 0 saturated carbocycles. The van der Waals surface area contributed by atoms with E-state index in [1.807, 2.05) is 0 Å². The minimum atomic E-state index is -0.784. The maximum Gasteiger partial charge on any atom is 0.205 e. The Kier molecular flexibility index (Phi) is 52.9. The fraction of sp³-hybridized carbons (Fsp3) is 0.490. The lowest BCUT2D eigenvalue weighted by atomic mass is 10.0. The van der Waals surface area contributed by atoms with Crippen molar-refractivity contribution < 1.29 is 46.7 Å². The van der Waals surface area contributed by atoms with Gasteiger partial charge in [-0.15, -0.1) is 12.8 Å². The molecule has 598 valence electrons. The predicted octanol–water partition coefficient (Wildman–Crippen LogP) is 24.4. The SMILES string of the molecule is C#CC#CC#CC#CC#CC#COc1cc(OCc2ccc(-c3cc(-c4ccc(COc5cc(OC#CC#CC#CC#CC#CC#C)c(OCCCCCCCCCCCC)c(OCCCCCCCCCCCC)c5)cn4)c(F)cc3F)nc2)cc(OCCCCCCCCCCCC)c1OCCCCCCCCCCCC. The summed E-state index contributed by atoms with van der Waals surface area (Å²) in [4.78, 5) is 9.30. The van der Waals surface area contributed by atoms with Crippen LogP contribution in [0.3, 0.4) is 0 Å². The molecule has 2 heterocycles. The number of rotatable bonds is 58. The molecule has 12 heteroatoms. The molecule has 0 unspecified atom stereocenters. The summed E-state index contributed by atoms with van der Waals surface area (Å²) in [6, 6.07) is 16.2. The lowest BCUT2D eigenvalue weighted by molar-refractivity contribution is 0.246. The van der Waals surface area contributed by atoms with Crippen LogP contribution in [0.4, 0.5) is 8.78 Å². The molecule has 10 nitrogen and oxygen atoms in total. The zero-order chi connectivity index (χ0) is 80.9. The second-order valence-corrected chi connectivity index (χ2v) is 28.1. The first kappa shape index (κ1) is 93.5. The minimum Gasteiger partial charge on any atom is -0.489 e. The summed E-state index contributed by atoms with van der Waals surface area (Å²) >= 11 is 0. The van der Waals surface area contributed by atoms with Gasteiger partial charge in [0.15, 0.2) is 23.0 Å². The highest BCUT2D eigenvalue weighted by atomic mass is 19.1. The molecule has 0 radical (unpaired) electrons. The van der Waals surface area contributed by atoms with Crippen LogP contribution in [-0.2, 0) is 13.2 Å². The molecule has 0 N–H and O–H groups in total. The van der Waals surface area contributed by atoms with Gasteiger partial charge in [-0.2, -0.15) is 0 Å². The van der Waals surface area contributed by atoms with Gasteiger partial charge in [0.25, 0.3) is 0 Å². The van der Waals surface area contributed by atoms with Gasteiger partial charge < -0.3 is 37.9 Å². The molecule has 0 atom stereocenters. The van der Waals surface area contributed by atoms with Gasteiger partial charge in [0.1, 0.15) is 48.6 Å². The number of terminal acetylenes is 2. The molecule has 0 amide bonds. The maximum atomic E-state index is 15.9. The average Bonchev–Trinajstić information content (AvgIpc) is 0.541. The number of ether oxygens (including phenoxy) is 8. The van der Waals surface area contributed by atoms with Crippen molar-refractivity contribution in [2.75, 3.05) is 26.4 Å². The average molecular weight is 1540 g/mol. The molecular formula is C102H118F2N2O8. The predicted molar refractivity (Wildman–Crippen MR) is 460 cm³/mol. The molecule has 114 heavy (non-hydrogen) atoms. The van der Waals surface area contributed by atoms with E-state index >= 15 is 8.78 Å². The van der Waals surface area contributed by atoms with Crippen molar-refractivity contribution in [1.29, 1.82) is 0 Å². The van der Waals surface area contributed by atoms with E-state index in [0.29, 0.717) is 83.6 Å². The number of benzene rings is 3. The fourth-order valence-electron chi connectivity index (χ4n) is 12.3. The van der Waals surface area contributed by atoms with E-state index in [4.69, 9.17) is 50.7 Å². The third-order valence-electron chi connectivity index (χ3n) is 18.6. The first-order valence-electron chi connectivity index (χ1n) is 42.1. The summed E-state index contributed by atoms with van der Waals surface area (Å²) in [5.41, 5.74) is 2.09. The lowest BCUT2D eigenvalue weighted by Crippen LogP contribution is -2.05. The number of halogens is 2. The highest BCUT2D eigenvalue weighted by molar-refractivity contribution is 5.71. The molecule has 0 aliphatic carbocycles. The van der Waals surface area contributed by atoms with Gasteiger partial charge in [-0.05, 0) is 103 Å². The summed E-state index contributed by atoms with van der Waals surface area (Å²) in [5.74, 6) is 52.6. The molecule has 2 aromatic heterocycles. The topological polar surface area (TPSA) is 99.6 Å². The Labute approximate surface area is 684 Å². The fourth-order valence-corrected chi connectivity index (χ4v) is 12.3. The lowest BCUT2D eigenvalue weighted by Gasteiger charge is -2.17. The van der Waals surface area contributed by atoms with Crippen LogP contribution in [0.1, 0.15) is 296 Å². The van der Waals surface area contributed by atoms with Crippen molar-refractivity contribution >= 4 is 0 Å². The van der Waals surface area contributed by atoms with E-state index in [0.717, 1.165) is 83.1 Å². The zero-order valence-electron chi connectivity index (χ0n) is 68.5. The van der Waals surface area contributed by atoms with Gasteiger partial charge in [0, 0.05) is 124 Å². The van der Waals surface area contributed by atoms with Crippen LogP contribution in [-0.4, -0.2) is 36.4 Å². The molecule has 0 aliphatic heterocycles. The van der Waals surface area contributed by atoms with Gasteiger partial charge in [-0.3, -0.25) is 9.97 Å². The highest BCUT2D eigenvalue weighted by Gasteiger charge is 2.21. The number of hydrogen-bond donors (Lipinski definition) is 0. The largest absolute Gasteiger partial charge is 0.489 e. The molecule has 5 aromatic rings. The minimum absolute atomic E-state index is 0.0704. The Morgan fingerprint density at radius 3 is 0.825 bits per heavy atom. The van der Waals surface area contributed by atoms with Crippen LogP contribution >= 0.6 is 0 Å². The third kappa shape index (κ3) is 43.1. The van der Waals surface area contributed by atoms with E-state index in [9.17, 15) is 0 Å². The van der Waals surface area contributed by atoms with Gasteiger partial charge in [-0.1, -0.05) is 271 Å². The summed E-state index contributed by atoms with van der Waals surface area (Å²) in [6.45, 7) is 10.9. The van der Waals surface area contributed by atoms with E-state index in [2.05, 4.69) is 168 Å². The van der Waals surface area contributed by atoms with Gasteiger partial charge in [0.05, 0.1) is 37.8 Å². The van der Waals surface area contributed by atoms with E-state index in [1.54, 1.807) is 60.9 Å². The molecule has 0 saturated heterocycles. The quantitative estimate of drug-likeness (QED) is 0.0276. The Balaban J connectivity index is 1.35. The highest BCUT2D eigenvalue weighted by Crippen LogP contribution is 2.44. The van der Waals surface area contributed by atoms with Gasteiger partial charge >= 0.3 is 0 Å². The second-order valence-electron chi connectivity index (χ2n) is 28.1. The van der Waals surface area contributed by atoms with E-state index in [-0.39, 0.29) is 35.7 Å². The van der Waals surface area contributed by atoms with Gasteiger partial charge in [0.2, 0.25) is 11.5 Å². The second kappa shape index (κ2) is 64.5. The molecule has 0 aliphatic rings. The molecule has 0 bridgehead atoms. The first-order valence-corrected chi connectivity index (χ1v) is 42.1. The number of aromatic nitrogens is 2. The summed E-state index contributed by atoms with van der Waals surface area (Å²) in [5, 5.41) is 0. The van der Waals surface area contributed by atoms with Crippen LogP contribution in [0, 0.1) is 155 Å². The van der Waals surface area contributed by atoms with Crippen LogP contribution in [0.25, 0.3) is 22.5 Å². The van der Waals surface area contributed by atoms with Crippen molar-refractivity contribution in [3.8, 4) is 212 Å². The van der Waals surface area contributed by atoms with Crippen molar-refractivity contribution in [2.45, 2.75) is 298 Å². The Bertz CT molecular complexity index is 4110. The van der Waals surface area contributed by atoms with Crippen molar-refractivity contribution in [2.24, 2.45) is 0 Å². The normalized spacial score (nSPS) is 9.86. The first-order chi connectivity index (χ1) is 56.3. The monoisotopic (exact) mass is 1540 g/mol. The number of unbranched alkanes of at least 4 members (excludes halogenated alkanes) is 36.